The third kappa shape index (κ3) is 7.02. The zero-order chi connectivity index (χ0) is 17.9. The highest BCUT2D eigenvalue weighted by molar-refractivity contribution is 5.80. The Morgan fingerprint density at radius 3 is 2.38 bits per heavy atom. The Balaban J connectivity index is 2.28. The molecule has 1 aromatic rings. The SMILES string of the molecule is CN=C(NCCCc1ccc(C(C)C)cc1)NCC(C)C(=O)OC. The first-order chi connectivity index (χ1) is 11.5. The van der Waals surface area contributed by atoms with Gasteiger partial charge >= 0.3 is 5.97 Å². The number of aryl methyl sites for hydroxylation is 1. The number of nitrogens with one attached hydrogen (secondary N) is 2. The van der Waals surface area contributed by atoms with Crippen LogP contribution in [0.4, 0.5) is 0 Å². The van der Waals surface area contributed by atoms with Gasteiger partial charge in [0.2, 0.25) is 0 Å². The molecule has 0 bridgehead atoms. The van der Waals surface area contributed by atoms with Gasteiger partial charge in [-0.2, -0.15) is 0 Å². The first-order valence-electron chi connectivity index (χ1n) is 8.59. The summed E-state index contributed by atoms with van der Waals surface area (Å²) >= 11 is 0. The van der Waals surface area contributed by atoms with Gasteiger partial charge in [-0.25, -0.2) is 0 Å². The van der Waals surface area contributed by atoms with E-state index < -0.39 is 0 Å². The topological polar surface area (TPSA) is 62.7 Å². The largest absolute Gasteiger partial charge is 0.469 e. The molecule has 1 atom stereocenters. The molecule has 0 aromatic heterocycles. The van der Waals surface area contributed by atoms with Crippen molar-refractivity contribution in [2.45, 2.75) is 39.5 Å². The van der Waals surface area contributed by atoms with Gasteiger partial charge in [-0.1, -0.05) is 45.0 Å². The van der Waals surface area contributed by atoms with Crippen molar-refractivity contribution in [3.8, 4) is 0 Å². The van der Waals surface area contributed by atoms with E-state index in [1.54, 1.807) is 7.05 Å². The van der Waals surface area contributed by atoms with Crippen LogP contribution in [0, 0.1) is 5.92 Å². The number of ether oxygens (including phenoxy) is 1. The number of hydrogen-bond acceptors (Lipinski definition) is 3. The van der Waals surface area contributed by atoms with E-state index in [1.165, 1.54) is 18.2 Å². The minimum Gasteiger partial charge on any atom is -0.469 e. The first kappa shape index (κ1) is 20.0. The number of benzene rings is 1. The van der Waals surface area contributed by atoms with Gasteiger partial charge in [0.1, 0.15) is 0 Å². The Morgan fingerprint density at radius 1 is 1.17 bits per heavy atom. The highest BCUT2D eigenvalue weighted by Gasteiger charge is 2.13. The van der Waals surface area contributed by atoms with Gasteiger partial charge < -0.3 is 15.4 Å². The summed E-state index contributed by atoms with van der Waals surface area (Å²) < 4.78 is 4.71. The summed E-state index contributed by atoms with van der Waals surface area (Å²) in [6.45, 7) is 7.57. The van der Waals surface area contributed by atoms with Crippen molar-refractivity contribution < 1.29 is 9.53 Å². The fourth-order valence-electron chi connectivity index (χ4n) is 2.32. The van der Waals surface area contributed by atoms with Crippen molar-refractivity contribution in [2.75, 3.05) is 27.2 Å². The van der Waals surface area contributed by atoms with E-state index in [-0.39, 0.29) is 11.9 Å². The van der Waals surface area contributed by atoms with Crippen LogP contribution in [0.25, 0.3) is 0 Å². The van der Waals surface area contributed by atoms with E-state index in [0.717, 1.165) is 19.4 Å². The van der Waals surface area contributed by atoms with Crippen LogP contribution in [0.2, 0.25) is 0 Å². The highest BCUT2D eigenvalue weighted by atomic mass is 16.5. The van der Waals surface area contributed by atoms with Gasteiger partial charge in [-0.3, -0.25) is 9.79 Å². The molecule has 0 aliphatic carbocycles. The van der Waals surface area contributed by atoms with Gasteiger partial charge in [0.25, 0.3) is 0 Å². The van der Waals surface area contributed by atoms with Crippen molar-refractivity contribution in [1.29, 1.82) is 0 Å². The molecule has 5 heteroatoms. The van der Waals surface area contributed by atoms with Gasteiger partial charge in [0, 0.05) is 20.1 Å². The molecule has 0 saturated heterocycles. The lowest BCUT2D eigenvalue weighted by Crippen LogP contribution is -2.41. The molecule has 5 nitrogen and oxygen atoms in total. The van der Waals surface area contributed by atoms with Crippen molar-refractivity contribution in [3.05, 3.63) is 35.4 Å². The zero-order valence-corrected chi connectivity index (χ0v) is 15.6. The summed E-state index contributed by atoms with van der Waals surface area (Å²) in [5, 5.41) is 6.41. The van der Waals surface area contributed by atoms with Crippen molar-refractivity contribution >= 4 is 11.9 Å². The van der Waals surface area contributed by atoms with Crippen LogP contribution in [-0.2, 0) is 16.0 Å². The molecule has 0 amide bonds. The number of esters is 1. The Hall–Kier alpha value is -2.04. The van der Waals surface area contributed by atoms with Gasteiger partial charge in [-0.15, -0.1) is 0 Å². The van der Waals surface area contributed by atoms with Crippen LogP contribution in [0.3, 0.4) is 0 Å². The Morgan fingerprint density at radius 2 is 1.83 bits per heavy atom. The summed E-state index contributed by atoms with van der Waals surface area (Å²) in [5.74, 6) is 0.860. The molecule has 0 heterocycles. The van der Waals surface area contributed by atoms with E-state index in [4.69, 9.17) is 4.74 Å². The van der Waals surface area contributed by atoms with Crippen LogP contribution >= 0.6 is 0 Å². The summed E-state index contributed by atoms with van der Waals surface area (Å²) in [5.41, 5.74) is 2.73. The van der Waals surface area contributed by atoms with Crippen molar-refractivity contribution in [1.82, 2.24) is 10.6 Å². The highest BCUT2D eigenvalue weighted by Crippen LogP contribution is 2.15. The fourth-order valence-corrected chi connectivity index (χ4v) is 2.32. The second-order valence-electron chi connectivity index (χ2n) is 6.30. The molecule has 0 aliphatic rings. The van der Waals surface area contributed by atoms with Gasteiger partial charge in [-0.05, 0) is 29.9 Å². The van der Waals surface area contributed by atoms with Gasteiger partial charge in [0.15, 0.2) is 5.96 Å². The molecule has 1 unspecified atom stereocenters. The lowest BCUT2D eigenvalue weighted by Gasteiger charge is -2.14. The number of methoxy groups -OCH3 is 1. The van der Waals surface area contributed by atoms with E-state index >= 15 is 0 Å². The van der Waals surface area contributed by atoms with Crippen LogP contribution in [0.5, 0.6) is 0 Å². The third-order valence-electron chi connectivity index (χ3n) is 3.98. The molecule has 0 fully saturated rings. The summed E-state index contributed by atoms with van der Waals surface area (Å²) in [7, 11) is 3.13. The van der Waals surface area contributed by atoms with Crippen molar-refractivity contribution in [3.63, 3.8) is 0 Å². The Bertz CT molecular complexity index is 524. The summed E-state index contributed by atoms with van der Waals surface area (Å²) in [4.78, 5) is 15.5. The molecule has 0 aliphatic heterocycles. The smallest absolute Gasteiger partial charge is 0.310 e. The molecule has 134 valence electrons. The maximum Gasteiger partial charge on any atom is 0.310 e. The summed E-state index contributed by atoms with van der Waals surface area (Å²) in [6, 6.07) is 8.84. The average Bonchev–Trinajstić information content (AvgIpc) is 2.60. The molecule has 1 aromatic carbocycles. The normalized spacial score (nSPS) is 12.8. The molecular weight excluding hydrogens is 302 g/mol. The monoisotopic (exact) mass is 333 g/mol. The quantitative estimate of drug-likeness (QED) is 0.332. The molecule has 2 N–H and O–H groups in total. The minimum absolute atomic E-state index is 0.201. The standard InChI is InChI=1S/C19H31N3O2/c1-14(2)17-10-8-16(9-11-17)7-6-12-21-19(20-4)22-13-15(3)18(23)24-5/h8-11,14-15H,6-7,12-13H2,1-5H3,(H2,20,21,22). The predicted octanol–water partition coefficient (Wildman–Crippen LogP) is 2.72. The second-order valence-corrected chi connectivity index (χ2v) is 6.30. The van der Waals surface area contributed by atoms with E-state index in [0.29, 0.717) is 18.4 Å². The van der Waals surface area contributed by atoms with Crippen LogP contribution in [-0.4, -0.2) is 39.2 Å². The molecule has 0 spiro atoms. The first-order valence-corrected chi connectivity index (χ1v) is 8.59. The number of nitrogens with zero attached hydrogens (tertiary/aromatic N) is 1. The lowest BCUT2D eigenvalue weighted by molar-refractivity contribution is -0.144. The summed E-state index contributed by atoms with van der Waals surface area (Å²) in [6.07, 6.45) is 2.05. The van der Waals surface area contributed by atoms with Crippen LogP contribution in [0.15, 0.2) is 29.3 Å². The number of guanidine groups is 1. The molecule has 1 rings (SSSR count). The van der Waals surface area contributed by atoms with Crippen LogP contribution in [0.1, 0.15) is 44.2 Å². The maximum absolute atomic E-state index is 11.4. The van der Waals surface area contributed by atoms with E-state index in [1.807, 2.05) is 6.92 Å². The van der Waals surface area contributed by atoms with Crippen LogP contribution < -0.4 is 10.6 Å². The lowest BCUT2D eigenvalue weighted by atomic mass is 10.0. The molecule has 24 heavy (non-hydrogen) atoms. The van der Waals surface area contributed by atoms with Gasteiger partial charge in [0.05, 0.1) is 13.0 Å². The predicted molar refractivity (Wildman–Crippen MR) is 99.4 cm³/mol. The number of hydrogen-bond donors (Lipinski definition) is 2. The van der Waals surface area contributed by atoms with E-state index in [9.17, 15) is 4.79 Å². The maximum atomic E-state index is 11.4. The molecular formula is C19H31N3O2. The fraction of sp³-hybridized carbons (Fsp3) is 0.579. The average molecular weight is 333 g/mol. The molecule has 0 radical (unpaired) electrons. The number of carbonyl (C=O) groups is 1. The number of rotatable bonds is 8. The Kier molecular flexibility index (Phi) is 8.90. The minimum atomic E-state index is -0.220. The third-order valence-corrected chi connectivity index (χ3v) is 3.98. The van der Waals surface area contributed by atoms with E-state index in [2.05, 4.69) is 53.7 Å². The second kappa shape index (κ2) is 10.7. The van der Waals surface area contributed by atoms with Crippen molar-refractivity contribution in [2.24, 2.45) is 10.9 Å². The Labute approximate surface area is 145 Å². The number of carbonyl (C=O) groups excluding carboxylic acids is 1. The zero-order valence-electron chi connectivity index (χ0n) is 15.6. The number of aliphatic imine (C=N–C) groups is 1. The molecule has 0 saturated carbocycles.